The van der Waals surface area contributed by atoms with Crippen LogP contribution >= 0.6 is 11.8 Å². The molecule has 1 amide bonds. The lowest BCUT2D eigenvalue weighted by molar-refractivity contribution is 0.0953. The van der Waals surface area contributed by atoms with E-state index < -0.39 is 0 Å². The molecule has 0 heterocycles. The van der Waals surface area contributed by atoms with Crippen molar-refractivity contribution >= 4 is 17.7 Å². The molecule has 0 unspecified atom stereocenters. The number of phenolic OH excluding ortho intramolecular Hbond substituents is 1. The minimum absolute atomic E-state index is 0.128. The van der Waals surface area contributed by atoms with Crippen molar-refractivity contribution in [3.05, 3.63) is 29.3 Å². The topological polar surface area (TPSA) is 49.3 Å². The van der Waals surface area contributed by atoms with E-state index in [0.717, 1.165) is 17.7 Å². The zero-order valence-corrected chi connectivity index (χ0v) is 10.4. The van der Waals surface area contributed by atoms with Crippen molar-refractivity contribution in [2.75, 3.05) is 18.6 Å². The van der Waals surface area contributed by atoms with Crippen molar-refractivity contribution in [1.29, 1.82) is 0 Å². The second-order valence-corrected chi connectivity index (χ2v) is 4.59. The van der Waals surface area contributed by atoms with Gasteiger partial charge in [0.1, 0.15) is 5.75 Å². The van der Waals surface area contributed by atoms with Crippen LogP contribution in [0.15, 0.2) is 18.2 Å². The van der Waals surface area contributed by atoms with Gasteiger partial charge in [-0.3, -0.25) is 4.79 Å². The number of rotatable bonds is 5. The van der Waals surface area contributed by atoms with E-state index in [-0.39, 0.29) is 11.7 Å². The Hall–Kier alpha value is -1.16. The molecule has 0 spiro atoms. The van der Waals surface area contributed by atoms with E-state index in [1.54, 1.807) is 30.8 Å². The van der Waals surface area contributed by atoms with Gasteiger partial charge in [-0.1, -0.05) is 6.07 Å². The summed E-state index contributed by atoms with van der Waals surface area (Å²) in [4.78, 5) is 11.6. The molecule has 0 fully saturated rings. The Morgan fingerprint density at radius 1 is 1.50 bits per heavy atom. The van der Waals surface area contributed by atoms with E-state index in [1.165, 1.54) is 6.07 Å². The second-order valence-electron chi connectivity index (χ2n) is 3.60. The number of carbonyl (C=O) groups excluding carboxylic acids is 1. The normalized spacial score (nSPS) is 10.1. The number of carbonyl (C=O) groups is 1. The monoisotopic (exact) mass is 239 g/mol. The van der Waals surface area contributed by atoms with Crippen molar-refractivity contribution in [3.8, 4) is 5.75 Å². The summed E-state index contributed by atoms with van der Waals surface area (Å²) in [6.07, 6.45) is 3.00. The van der Waals surface area contributed by atoms with Crippen LogP contribution in [0.25, 0.3) is 0 Å². The highest BCUT2D eigenvalue weighted by Crippen LogP contribution is 2.17. The van der Waals surface area contributed by atoms with E-state index in [9.17, 15) is 9.90 Å². The van der Waals surface area contributed by atoms with Gasteiger partial charge in [0.05, 0.1) is 0 Å². The summed E-state index contributed by atoms with van der Waals surface area (Å²) in [5.41, 5.74) is 1.28. The molecular weight excluding hydrogens is 222 g/mol. The third-order valence-corrected chi connectivity index (χ3v) is 2.98. The quantitative estimate of drug-likeness (QED) is 0.774. The van der Waals surface area contributed by atoms with Crippen LogP contribution < -0.4 is 5.32 Å². The molecule has 0 aliphatic heterocycles. The van der Waals surface area contributed by atoms with Gasteiger partial charge in [-0.15, -0.1) is 0 Å². The maximum Gasteiger partial charge on any atom is 0.251 e. The first kappa shape index (κ1) is 12.9. The predicted molar refractivity (Wildman–Crippen MR) is 68.2 cm³/mol. The first-order valence-corrected chi connectivity index (χ1v) is 6.61. The first-order valence-electron chi connectivity index (χ1n) is 5.22. The van der Waals surface area contributed by atoms with Gasteiger partial charge in [-0.2, -0.15) is 11.8 Å². The van der Waals surface area contributed by atoms with Gasteiger partial charge < -0.3 is 10.4 Å². The van der Waals surface area contributed by atoms with Gasteiger partial charge in [0.25, 0.3) is 5.91 Å². The Bertz CT molecular complexity index is 366. The van der Waals surface area contributed by atoms with Crippen LogP contribution in [0.5, 0.6) is 5.75 Å². The summed E-state index contributed by atoms with van der Waals surface area (Å²) in [5, 5.41) is 12.3. The van der Waals surface area contributed by atoms with Crippen LogP contribution in [-0.2, 0) is 0 Å². The predicted octanol–water partition coefficient (Wildman–Crippen LogP) is 2.18. The van der Waals surface area contributed by atoms with Crippen LogP contribution in [0.3, 0.4) is 0 Å². The zero-order chi connectivity index (χ0) is 12.0. The van der Waals surface area contributed by atoms with Gasteiger partial charge in [-0.05, 0) is 43.0 Å². The molecule has 0 aliphatic rings. The molecule has 3 nitrogen and oxygen atoms in total. The summed E-state index contributed by atoms with van der Waals surface area (Å²) < 4.78 is 0. The summed E-state index contributed by atoms with van der Waals surface area (Å²) in [7, 11) is 0. The molecule has 0 saturated heterocycles. The van der Waals surface area contributed by atoms with Gasteiger partial charge in [0.2, 0.25) is 0 Å². The largest absolute Gasteiger partial charge is 0.508 e. The van der Waals surface area contributed by atoms with Crippen molar-refractivity contribution in [3.63, 3.8) is 0 Å². The fraction of sp³-hybridized carbons (Fsp3) is 0.417. The second kappa shape index (κ2) is 6.43. The Kier molecular flexibility index (Phi) is 5.19. The molecule has 0 saturated carbocycles. The Balaban J connectivity index is 2.50. The number of benzene rings is 1. The molecule has 2 N–H and O–H groups in total. The molecule has 88 valence electrons. The summed E-state index contributed by atoms with van der Waals surface area (Å²) in [5.74, 6) is 1.08. The average Bonchev–Trinajstić information content (AvgIpc) is 2.28. The lowest BCUT2D eigenvalue weighted by Gasteiger charge is -2.06. The van der Waals surface area contributed by atoms with Gasteiger partial charge in [0, 0.05) is 12.1 Å². The van der Waals surface area contributed by atoms with Crippen molar-refractivity contribution < 1.29 is 9.90 Å². The van der Waals surface area contributed by atoms with Crippen LogP contribution in [0.1, 0.15) is 22.3 Å². The Morgan fingerprint density at radius 3 is 2.88 bits per heavy atom. The maximum absolute atomic E-state index is 11.6. The molecule has 0 radical (unpaired) electrons. The minimum Gasteiger partial charge on any atom is -0.508 e. The molecule has 0 aromatic heterocycles. The van der Waals surface area contributed by atoms with Gasteiger partial charge in [-0.25, -0.2) is 0 Å². The van der Waals surface area contributed by atoms with Gasteiger partial charge >= 0.3 is 0 Å². The molecule has 1 aromatic rings. The Labute approximate surface area is 100 Å². The standard InChI is InChI=1S/C12H17NO2S/c1-9-4-5-10(8-11(9)14)12(15)13-6-3-7-16-2/h4-5,8,14H,3,6-7H2,1-2H3,(H,13,15). The molecule has 1 rings (SSSR count). The number of hydrogen-bond donors (Lipinski definition) is 2. The lowest BCUT2D eigenvalue weighted by Crippen LogP contribution is -2.24. The third kappa shape index (κ3) is 3.77. The highest BCUT2D eigenvalue weighted by atomic mass is 32.2. The van der Waals surface area contributed by atoms with E-state index in [4.69, 9.17) is 0 Å². The number of amides is 1. The molecule has 0 bridgehead atoms. The maximum atomic E-state index is 11.6. The molecule has 1 aromatic carbocycles. The highest BCUT2D eigenvalue weighted by Gasteiger charge is 2.06. The molecular formula is C12H17NO2S. The van der Waals surface area contributed by atoms with E-state index in [0.29, 0.717) is 12.1 Å². The number of nitrogens with one attached hydrogen (secondary N) is 1. The molecule has 0 aliphatic carbocycles. The number of aromatic hydroxyl groups is 1. The van der Waals surface area contributed by atoms with Crippen LogP contribution in [-0.4, -0.2) is 29.6 Å². The smallest absolute Gasteiger partial charge is 0.251 e. The van der Waals surface area contributed by atoms with Crippen molar-refractivity contribution in [1.82, 2.24) is 5.32 Å². The minimum atomic E-state index is -0.128. The Morgan fingerprint density at radius 2 is 2.25 bits per heavy atom. The molecule has 16 heavy (non-hydrogen) atoms. The van der Waals surface area contributed by atoms with Crippen molar-refractivity contribution in [2.24, 2.45) is 0 Å². The highest BCUT2D eigenvalue weighted by molar-refractivity contribution is 7.98. The fourth-order valence-corrected chi connectivity index (χ4v) is 1.70. The third-order valence-electron chi connectivity index (χ3n) is 2.28. The summed E-state index contributed by atoms with van der Waals surface area (Å²) in [6, 6.07) is 4.96. The SMILES string of the molecule is CSCCCNC(=O)c1ccc(C)c(O)c1. The number of phenols is 1. The van der Waals surface area contributed by atoms with Crippen LogP contribution in [0.2, 0.25) is 0 Å². The van der Waals surface area contributed by atoms with E-state index in [1.807, 2.05) is 6.26 Å². The first-order chi connectivity index (χ1) is 7.65. The van der Waals surface area contributed by atoms with E-state index >= 15 is 0 Å². The number of aryl methyl sites for hydroxylation is 1. The van der Waals surface area contributed by atoms with E-state index in [2.05, 4.69) is 5.32 Å². The fourth-order valence-electron chi connectivity index (χ4n) is 1.27. The number of thioether (sulfide) groups is 1. The molecule has 0 atom stereocenters. The van der Waals surface area contributed by atoms with Gasteiger partial charge in [0.15, 0.2) is 0 Å². The average molecular weight is 239 g/mol. The van der Waals surface area contributed by atoms with Crippen LogP contribution in [0, 0.1) is 6.92 Å². The van der Waals surface area contributed by atoms with Crippen LogP contribution in [0.4, 0.5) is 0 Å². The summed E-state index contributed by atoms with van der Waals surface area (Å²) in [6.45, 7) is 2.48. The zero-order valence-electron chi connectivity index (χ0n) is 9.62. The molecule has 4 heteroatoms. The number of hydrogen-bond acceptors (Lipinski definition) is 3. The summed E-state index contributed by atoms with van der Waals surface area (Å²) >= 11 is 1.76. The lowest BCUT2D eigenvalue weighted by atomic mass is 10.1. The van der Waals surface area contributed by atoms with Crippen molar-refractivity contribution in [2.45, 2.75) is 13.3 Å².